The molecule has 0 aromatic heterocycles. The molecule has 0 aromatic rings. The average Bonchev–Trinajstić information content (AvgIpc) is 1.73. The van der Waals surface area contributed by atoms with Gasteiger partial charge in [0, 0.05) is 0 Å². The van der Waals surface area contributed by atoms with Crippen molar-refractivity contribution in [1.29, 1.82) is 0 Å². The molecule has 0 unspecified atom stereocenters. The molecule has 0 rings (SSSR count). The molecule has 2 heteroatoms. The zero-order valence-corrected chi connectivity index (χ0v) is 14.6. The van der Waals surface area contributed by atoms with Crippen LogP contribution in [-0.2, 0) is 0 Å². The van der Waals surface area contributed by atoms with Crippen LogP contribution in [-0.4, -0.2) is 29.6 Å². The number of hydrogen-bond donors (Lipinski definition) is 0. The molecule has 0 aliphatic heterocycles. The van der Waals surface area contributed by atoms with E-state index in [1.807, 2.05) is 0 Å². The van der Waals surface area contributed by atoms with Gasteiger partial charge in [0.2, 0.25) is 0 Å². The molecule has 0 saturated carbocycles. The first kappa shape index (κ1) is 15.2. The quantitative estimate of drug-likeness (QED) is 0.536. The van der Waals surface area contributed by atoms with Gasteiger partial charge in [-0.1, -0.05) is 0 Å². The van der Waals surface area contributed by atoms with E-state index in [0.29, 0.717) is 0 Å². The van der Waals surface area contributed by atoms with Crippen molar-refractivity contribution in [3.05, 3.63) is 11.6 Å². The molecule has 0 aromatic carbocycles. The maximum atomic E-state index is 4.64. The van der Waals surface area contributed by atoms with E-state index in [1.54, 1.807) is 0 Å². The molecule has 0 bridgehead atoms. The number of nitrogens with zero attached hydrogens (tertiary/aromatic N) is 1. The van der Waals surface area contributed by atoms with Gasteiger partial charge in [-0.05, 0) is 0 Å². The Kier molecular flexibility index (Phi) is 5.59. The van der Waals surface area contributed by atoms with Crippen molar-refractivity contribution in [3.8, 4) is 0 Å². The molecule has 88 valence electrons. The Morgan fingerprint density at radius 2 is 1.60 bits per heavy atom. The topological polar surface area (TPSA) is 12.4 Å². The Morgan fingerprint density at radius 3 is 1.93 bits per heavy atom. The summed E-state index contributed by atoms with van der Waals surface area (Å²) in [5.74, 6) is 0. The molecule has 0 N–H and O–H groups in total. The first-order valence-corrected chi connectivity index (χ1v) is 16.3. The molecular weight excluding hydrogens is 289 g/mol. The Bertz CT molecular complexity index is 261. The fraction of sp³-hybridized carbons (Fsp3) is 0.769. The van der Waals surface area contributed by atoms with Crippen LogP contribution in [0, 0.1) is 0 Å². The van der Waals surface area contributed by atoms with Gasteiger partial charge in [-0.15, -0.1) is 0 Å². The monoisotopic (exact) mass is 317 g/mol. The van der Waals surface area contributed by atoms with Crippen molar-refractivity contribution in [2.75, 3.05) is 0 Å². The van der Waals surface area contributed by atoms with Crippen LogP contribution in [0.2, 0.25) is 19.3 Å². The van der Waals surface area contributed by atoms with Gasteiger partial charge in [-0.3, -0.25) is 0 Å². The first-order chi connectivity index (χ1) is 6.49. The maximum absolute atomic E-state index is 4.64. The van der Waals surface area contributed by atoms with Crippen LogP contribution < -0.4 is 0 Å². The molecule has 15 heavy (non-hydrogen) atoms. The predicted molar refractivity (Wildman–Crippen MR) is 74.8 cm³/mol. The van der Waals surface area contributed by atoms with Crippen molar-refractivity contribution < 1.29 is 0 Å². The van der Waals surface area contributed by atoms with Crippen LogP contribution in [0.4, 0.5) is 0 Å². The van der Waals surface area contributed by atoms with Gasteiger partial charge in [0.25, 0.3) is 0 Å². The van der Waals surface area contributed by atoms with Crippen LogP contribution in [0.25, 0.3) is 0 Å². The number of aliphatic imine (C=N–C) groups is 1. The van der Waals surface area contributed by atoms with Gasteiger partial charge in [-0.2, -0.15) is 0 Å². The zero-order chi connectivity index (χ0) is 12.3. The van der Waals surface area contributed by atoms with Crippen molar-refractivity contribution in [3.63, 3.8) is 0 Å². The fourth-order valence-electron chi connectivity index (χ4n) is 1.81. The third-order valence-electron chi connectivity index (χ3n) is 1.78. The molecular formula is C13H27NSn. The minimum absolute atomic E-state index is 0.0475. The van der Waals surface area contributed by atoms with E-state index in [0.717, 1.165) is 5.71 Å². The van der Waals surface area contributed by atoms with Crippen molar-refractivity contribution in [1.82, 2.24) is 0 Å². The second kappa shape index (κ2) is 5.51. The van der Waals surface area contributed by atoms with E-state index >= 15 is 0 Å². The molecule has 0 spiro atoms. The third kappa shape index (κ3) is 10.5. The fourth-order valence-corrected chi connectivity index (χ4v) is 6.87. The second-order valence-electron chi connectivity index (χ2n) is 6.65. The van der Waals surface area contributed by atoms with Crippen LogP contribution in [0.5, 0.6) is 0 Å². The Balaban J connectivity index is 4.57. The zero-order valence-electron chi connectivity index (χ0n) is 11.7. The van der Waals surface area contributed by atoms with E-state index in [9.17, 15) is 0 Å². The summed E-state index contributed by atoms with van der Waals surface area (Å²) in [7, 11) is 0. The summed E-state index contributed by atoms with van der Waals surface area (Å²) in [6.45, 7) is 10.8. The molecule has 0 radical (unpaired) electrons. The Morgan fingerprint density at radius 1 is 1.13 bits per heavy atom. The normalized spacial score (nSPS) is 15.7. The van der Waals surface area contributed by atoms with Crippen LogP contribution in [0.15, 0.2) is 16.6 Å². The van der Waals surface area contributed by atoms with E-state index in [-0.39, 0.29) is 5.54 Å². The van der Waals surface area contributed by atoms with Gasteiger partial charge in [-0.25, -0.2) is 0 Å². The van der Waals surface area contributed by atoms with Gasteiger partial charge >= 0.3 is 100 Å². The minimum atomic E-state index is -1.65. The molecule has 0 aliphatic rings. The summed E-state index contributed by atoms with van der Waals surface area (Å²) < 4.78 is 1.34. The molecule has 0 atom stereocenters. The Labute approximate surface area is 99.9 Å². The van der Waals surface area contributed by atoms with Crippen LogP contribution >= 0.6 is 0 Å². The van der Waals surface area contributed by atoms with E-state index in [4.69, 9.17) is 0 Å². The van der Waals surface area contributed by atoms with Crippen molar-refractivity contribution in [2.24, 2.45) is 4.99 Å². The van der Waals surface area contributed by atoms with Crippen LogP contribution in [0.3, 0.4) is 0 Å². The standard InChI is InChI=1S/C10H18N.3CH3.Sn/c1-8(2)7-9(3)11-10(4,5)6;;;;/h7H,1H2,2-6H3;3*1H3;/b8-7-,11-9?;;;;. The number of hydrogen-bond acceptors (Lipinski definition) is 1. The van der Waals surface area contributed by atoms with Gasteiger partial charge in [0.1, 0.15) is 0 Å². The number of allylic oxidation sites excluding steroid dienone is 2. The van der Waals surface area contributed by atoms with Crippen LogP contribution in [0.1, 0.15) is 34.6 Å². The summed E-state index contributed by atoms with van der Waals surface area (Å²) in [5, 5.41) is 0. The second-order valence-corrected chi connectivity index (χ2v) is 22.3. The molecule has 0 heterocycles. The van der Waals surface area contributed by atoms with Gasteiger partial charge < -0.3 is 0 Å². The predicted octanol–water partition coefficient (Wildman–Crippen LogP) is 4.53. The van der Waals surface area contributed by atoms with Gasteiger partial charge in [0.15, 0.2) is 0 Å². The summed E-state index contributed by atoms with van der Waals surface area (Å²) in [6, 6.07) is 0. The number of rotatable bonds is 3. The van der Waals surface area contributed by atoms with Gasteiger partial charge in [0.05, 0.1) is 0 Å². The molecule has 0 saturated heterocycles. The van der Waals surface area contributed by atoms with E-state index in [1.165, 1.54) is 10.0 Å². The van der Waals surface area contributed by atoms with E-state index in [2.05, 4.69) is 60.5 Å². The van der Waals surface area contributed by atoms with Crippen molar-refractivity contribution >= 4 is 24.1 Å². The average molecular weight is 316 g/mol. The SMILES string of the molecule is CC(/C=C(\C)[CH2][Sn]([CH3])([CH3])[CH3])=NC(C)(C)C. The molecule has 1 nitrogen and oxygen atoms in total. The summed E-state index contributed by atoms with van der Waals surface area (Å²) >= 11 is -1.65. The molecule has 0 aliphatic carbocycles. The Hall–Kier alpha value is 0.209. The summed E-state index contributed by atoms with van der Waals surface area (Å²) in [6.07, 6.45) is 2.26. The third-order valence-corrected chi connectivity index (χ3v) is 6.40. The summed E-state index contributed by atoms with van der Waals surface area (Å²) in [5.41, 5.74) is 2.71. The first-order valence-electron chi connectivity index (χ1n) is 5.73. The molecule has 0 amide bonds. The molecule has 0 fully saturated rings. The van der Waals surface area contributed by atoms with Crippen molar-refractivity contribution in [2.45, 2.75) is 59.4 Å². The summed E-state index contributed by atoms with van der Waals surface area (Å²) in [4.78, 5) is 12.1. The van der Waals surface area contributed by atoms with E-state index < -0.39 is 18.4 Å².